The summed E-state index contributed by atoms with van der Waals surface area (Å²) in [7, 11) is 0.973. The number of benzene rings is 4. The van der Waals surface area contributed by atoms with Crippen molar-refractivity contribution in [3.63, 3.8) is 0 Å². The summed E-state index contributed by atoms with van der Waals surface area (Å²) in [5.41, 5.74) is 3.53. The third-order valence-electron chi connectivity index (χ3n) is 8.40. The number of anilines is 2. The molecule has 1 unspecified atom stereocenters. The van der Waals surface area contributed by atoms with Crippen LogP contribution in [0.15, 0.2) is 72.8 Å². The SMILES string of the molecule is C#CCOc1cc(NC(=O)CCC)cc(C(=O)Oc2c(F)c(F)cc(F)c2F)c1.COCC(C)(C)/S([NH-])=C/CCC(=O)N1Cc2ccccc2C#Cc2ccccc21.[K+]. The number of nitrogens with zero attached hydrogens (tertiary/aromatic N) is 1. The number of terminal acetylenes is 1. The van der Waals surface area contributed by atoms with Gasteiger partial charge in [0.15, 0.2) is 11.6 Å². The Bertz CT molecular complexity index is 2280. The normalized spacial score (nSPS) is 12.0. The van der Waals surface area contributed by atoms with Crippen LogP contribution in [0.2, 0.25) is 0 Å². The Morgan fingerprint density at radius 2 is 1.61 bits per heavy atom. The molecule has 0 saturated carbocycles. The number of carbonyl (C=O) groups is 3. The van der Waals surface area contributed by atoms with Crippen molar-refractivity contribution in [2.75, 3.05) is 30.5 Å². The molecular weight excluding hydrogens is 814 g/mol. The quantitative estimate of drug-likeness (QED) is 0.0317. The number of esters is 1. The maximum absolute atomic E-state index is 13.7. The van der Waals surface area contributed by atoms with E-state index in [1.54, 1.807) is 14.0 Å². The van der Waals surface area contributed by atoms with Crippen molar-refractivity contribution in [1.82, 2.24) is 0 Å². The molecule has 4 aromatic rings. The molecule has 0 fully saturated rings. The van der Waals surface area contributed by atoms with Gasteiger partial charge in [-0.2, -0.15) is 8.78 Å². The number of amides is 2. The minimum absolute atomic E-state index is 0. The van der Waals surface area contributed by atoms with Crippen LogP contribution in [0.25, 0.3) is 5.14 Å². The Balaban J connectivity index is 0.000000310. The third kappa shape index (κ3) is 13.9. The molecule has 9 nitrogen and oxygen atoms in total. The van der Waals surface area contributed by atoms with Gasteiger partial charge in [0, 0.05) is 53.6 Å². The van der Waals surface area contributed by atoms with Crippen molar-refractivity contribution in [2.45, 2.75) is 57.7 Å². The number of ether oxygens (including phenoxy) is 3. The summed E-state index contributed by atoms with van der Waals surface area (Å²) in [5, 5.41) is 12.9. The van der Waals surface area contributed by atoms with Gasteiger partial charge in [-0.15, -0.1) is 6.42 Å². The zero-order valence-electron chi connectivity index (χ0n) is 33.3. The molecule has 59 heavy (non-hydrogen) atoms. The van der Waals surface area contributed by atoms with Gasteiger partial charge in [0.05, 0.1) is 24.4 Å². The zero-order chi connectivity index (χ0) is 42.4. The van der Waals surface area contributed by atoms with E-state index in [1.165, 1.54) is 6.07 Å². The summed E-state index contributed by atoms with van der Waals surface area (Å²) in [4.78, 5) is 39.1. The molecule has 4 aromatic carbocycles. The minimum Gasteiger partial charge on any atom is -0.625 e. The maximum atomic E-state index is 13.7. The van der Waals surface area contributed by atoms with E-state index >= 15 is 0 Å². The van der Waals surface area contributed by atoms with Crippen molar-refractivity contribution < 1.29 is 97.5 Å². The number of hydrogen-bond donors (Lipinski definition) is 1. The smallest absolute Gasteiger partial charge is 0.625 e. The Morgan fingerprint density at radius 3 is 2.27 bits per heavy atom. The van der Waals surface area contributed by atoms with Crippen LogP contribution in [-0.2, 0) is 20.9 Å². The van der Waals surface area contributed by atoms with E-state index in [0.717, 1.165) is 34.5 Å². The number of nitrogens with one attached hydrogen (secondary N) is 2. The number of hydrogen-bond acceptors (Lipinski definition) is 6. The van der Waals surface area contributed by atoms with Crippen LogP contribution in [0, 0.1) is 47.5 Å². The van der Waals surface area contributed by atoms with Gasteiger partial charge >= 0.3 is 57.4 Å². The number of methoxy groups -OCH3 is 1. The monoisotopic (exact) mass is 855 g/mol. The molecule has 0 aromatic heterocycles. The van der Waals surface area contributed by atoms with Crippen molar-refractivity contribution in [3.05, 3.63) is 123 Å². The van der Waals surface area contributed by atoms with Crippen LogP contribution in [0.1, 0.15) is 73.5 Å². The molecule has 1 aliphatic heterocycles. The number of fused-ring (bicyclic) bond motifs is 2. The molecule has 5 rings (SSSR count). The molecule has 0 aliphatic carbocycles. The first-order valence-electron chi connectivity index (χ1n) is 18.0. The second kappa shape index (κ2) is 23.5. The molecule has 2 amide bonds. The van der Waals surface area contributed by atoms with E-state index in [4.69, 9.17) is 21.0 Å². The Morgan fingerprint density at radius 1 is 0.966 bits per heavy atom. The van der Waals surface area contributed by atoms with E-state index in [2.05, 4.69) is 27.8 Å². The molecule has 0 spiro atoms. The van der Waals surface area contributed by atoms with E-state index < -0.39 is 45.7 Å². The standard InChI is InChI=1S/C24H27N2O2S.C20H15F4NO4.K/c1-24(2,18-28-3)29(25)16-8-13-23(27)26-17-21-11-5-4-9-19(21)14-15-20-10-6-7-12-22(20)26;1-3-5-16(26)25-12-7-11(8-13(9-12)28-6-4-2)20(27)29-19-17(23)14(21)10-15(22)18(19)24;/h4-7,9-12,16,25H,8,13,17-18H2,1-3H3;2,7-10H,3,5-6H2,1H3,(H,25,26);/q-1;;+1. The van der Waals surface area contributed by atoms with Crippen LogP contribution in [0.3, 0.4) is 0 Å². The van der Waals surface area contributed by atoms with Gasteiger partial charge in [0.1, 0.15) is 12.4 Å². The topological polar surface area (TPSA) is 118 Å². The van der Waals surface area contributed by atoms with Gasteiger partial charge in [-0.1, -0.05) is 74.2 Å². The summed E-state index contributed by atoms with van der Waals surface area (Å²) in [6.45, 7) is 6.70. The maximum Gasteiger partial charge on any atom is 1.00 e. The van der Waals surface area contributed by atoms with Crippen molar-refractivity contribution in [2.24, 2.45) is 0 Å². The van der Waals surface area contributed by atoms with Gasteiger partial charge in [-0.05, 0) is 48.7 Å². The van der Waals surface area contributed by atoms with Gasteiger partial charge in [-0.3, -0.25) is 20.3 Å². The predicted octanol–water partition coefficient (Wildman–Crippen LogP) is 6.39. The molecule has 1 aliphatic rings. The molecule has 2 N–H and O–H groups in total. The van der Waals surface area contributed by atoms with Crippen LogP contribution in [0.5, 0.6) is 11.5 Å². The molecule has 0 saturated heterocycles. The minimum atomic E-state index is -1.87. The van der Waals surface area contributed by atoms with Crippen molar-refractivity contribution in [1.29, 1.82) is 0 Å². The second-order valence-corrected chi connectivity index (χ2v) is 15.5. The van der Waals surface area contributed by atoms with Gasteiger partial charge in [-0.25, -0.2) is 13.6 Å². The Kier molecular flexibility index (Phi) is 19.5. The van der Waals surface area contributed by atoms with Crippen LogP contribution in [0.4, 0.5) is 28.9 Å². The average molecular weight is 856 g/mol. The number of halogens is 4. The first-order valence-corrected chi connectivity index (χ1v) is 19.3. The first kappa shape index (κ1) is 49.1. The average Bonchev–Trinajstić information content (AvgIpc) is 3.18. The molecule has 304 valence electrons. The summed E-state index contributed by atoms with van der Waals surface area (Å²) in [6, 6.07) is 19.4. The van der Waals surface area contributed by atoms with Gasteiger partial charge in [0.2, 0.25) is 29.2 Å². The second-order valence-electron chi connectivity index (χ2n) is 13.4. The fraction of sp³-hybridized carbons (Fsp3) is 0.273. The fourth-order valence-corrected chi connectivity index (χ4v) is 6.57. The molecule has 0 bridgehead atoms. The first-order chi connectivity index (χ1) is 27.7. The third-order valence-corrected chi connectivity index (χ3v) is 10.3. The number of carbonyl (C=O) groups excluding carboxylic acids is 3. The van der Waals surface area contributed by atoms with Crippen molar-refractivity contribution in [3.8, 4) is 35.7 Å². The Labute approximate surface area is 386 Å². The van der Waals surface area contributed by atoms with Crippen molar-refractivity contribution >= 4 is 45.2 Å². The summed E-state index contributed by atoms with van der Waals surface area (Å²) in [6.07, 6.45) is 6.82. The molecular formula is C44H42F4KN3O6S. The van der Waals surface area contributed by atoms with Gasteiger partial charge < -0.3 is 29.6 Å². The van der Waals surface area contributed by atoms with Gasteiger partial charge in [0.25, 0.3) is 0 Å². The number of para-hydroxylation sites is 1. The summed E-state index contributed by atoms with van der Waals surface area (Å²) in [5.74, 6) is -1.66. The Hall–Kier alpha value is -4.29. The molecule has 0 radical (unpaired) electrons. The predicted molar refractivity (Wildman–Crippen MR) is 219 cm³/mol. The van der Waals surface area contributed by atoms with E-state index in [1.807, 2.05) is 72.6 Å². The number of rotatable bonds is 13. The van der Waals surface area contributed by atoms with Crippen LogP contribution >= 0.6 is 10.7 Å². The largest absolute Gasteiger partial charge is 1.00 e. The molecule has 15 heteroatoms. The zero-order valence-corrected chi connectivity index (χ0v) is 37.3. The van der Waals surface area contributed by atoms with E-state index in [0.29, 0.717) is 32.4 Å². The molecule has 1 atom stereocenters. The van der Waals surface area contributed by atoms with E-state index in [9.17, 15) is 31.9 Å². The molecule has 1 heterocycles. The summed E-state index contributed by atoms with van der Waals surface area (Å²) >= 11 is 0. The fourth-order valence-electron chi connectivity index (χ4n) is 5.52. The summed E-state index contributed by atoms with van der Waals surface area (Å²) < 4.78 is 68.8. The van der Waals surface area contributed by atoms with Crippen LogP contribution in [-0.4, -0.2) is 48.2 Å². The van der Waals surface area contributed by atoms with E-state index in [-0.39, 0.29) is 104 Å². The van der Waals surface area contributed by atoms with Crippen LogP contribution < -0.4 is 71.1 Å².